The fraction of sp³-hybridized carbons (Fsp3) is 0.417. The van der Waals surface area contributed by atoms with Crippen LogP contribution < -0.4 is 11.1 Å². The monoisotopic (exact) mass is 283 g/mol. The standard InChI is InChI=1S/C12H17N3O3S/c1-3-8(7-19-2)14-12(16)10-6-9(15(17)18)4-5-11(10)13/h4-6,8H,3,7,13H2,1-2H3,(H,14,16). The van der Waals surface area contributed by atoms with Gasteiger partial charge in [0.15, 0.2) is 0 Å². The first-order valence-electron chi connectivity index (χ1n) is 5.83. The Labute approximate surface area is 115 Å². The molecule has 0 saturated carbocycles. The lowest BCUT2D eigenvalue weighted by Crippen LogP contribution is -2.36. The van der Waals surface area contributed by atoms with Gasteiger partial charge >= 0.3 is 0 Å². The van der Waals surface area contributed by atoms with E-state index in [4.69, 9.17) is 5.73 Å². The second kappa shape index (κ2) is 6.98. The van der Waals surface area contributed by atoms with Gasteiger partial charge in [-0.1, -0.05) is 6.92 Å². The van der Waals surface area contributed by atoms with Crippen LogP contribution in [0.3, 0.4) is 0 Å². The van der Waals surface area contributed by atoms with Crippen LogP contribution in [0.25, 0.3) is 0 Å². The maximum atomic E-state index is 12.1. The molecule has 1 aromatic rings. The Morgan fingerprint density at radius 3 is 2.79 bits per heavy atom. The van der Waals surface area contributed by atoms with Crippen LogP contribution in [0.4, 0.5) is 11.4 Å². The minimum absolute atomic E-state index is 0.0289. The van der Waals surface area contributed by atoms with E-state index >= 15 is 0 Å². The van der Waals surface area contributed by atoms with Crippen molar-refractivity contribution >= 4 is 29.0 Å². The Morgan fingerprint density at radius 2 is 2.26 bits per heavy atom. The number of nitrogen functional groups attached to an aromatic ring is 1. The summed E-state index contributed by atoms with van der Waals surface area (Å²) in [5.74, 6) is 0.416. The molecule has 0 fully saturated rings. The van der Waals surface area contributed by atoms with Crippen LogP contribution >= 0.6 is 11.8 Å². The van der Waals surface area contributed by atoms with Gasteiger partial charge in [-0.2, -0.15) is 11.8 Å². The summed E-state index contributed by atoms with van der Waals surface area (Å²) in [5, 5.41) is 13.5. The lowest BCUT2D eigenvalue weighted by atomic mass is 10.1. The van der Waals surface area contributed by atoms with Crippen molar-refractivity contribution in [2.45, 2.75) is 19.4 Å². The summed E-state index contributed by atoms with van der Waals surface area (Å²) in [6.07, 6.45) is 2.75. The highest BCUT2D eigenvalue weighted by Gasteiger charge is 2.17. The van der Waals surface area contributed by atoms with E-state index in [1.807, 2.05) is 13.2 Å². The second-order valence-corrected chi connectivity index (χ2v) is 4.97. The van der Waals surface area contributed by atoms with Gasteiger partial charge in [0.05, 0.1) is 10.5 Å². The molecule has 0 radical (unpaired) electrons. The molecular formula is C12H17N3O3S. The first kappa shape index (κ1) is 15.3. The van der Waals surface area contributed by atoms with Crippen LogP contribution in [0.2, 0.25) is 0 Å². The Morgan fingerprint density at radius 1 is 1.58 bits per heavy atom. The molecule has 0 aromatic heterocycles. The fourth-order valence-corrected chi connectivity index (χ4v) is 2.30. The van der Waals surface area contributed by atoms with E-state index in [-0.39, 0.29) is 28.9 Å². The first-order valence-corrected chi connectivity index (χ1v) is 7.22. The molecule has 0 aliphatic heterocycles. The summed E-state index contributed by atoms with van der Waals surface area (Å²) < 4.78 is 0. The maximum absolute atomic E-state index is 12.1. The van der Waals surface area contributed by atoms with Crippen LogP contribution in [0, 0.1) is 10.1 Å². The molecule has 0 aliphatic carbocycles. The molecule has 1 rings (SSSR count). The van der Waals surface area contributed by atoms with Crippen molar-refractivity contribution in [3.05, 3.63) is 33.9 Å². The average Bonchev–Trinajstić information content (AvgIpc) is 2.38. The summed E-state index contributed by atoms with van der Waals surface area (Å²) in [5.41, 5.74) is 5.94. The fourth-order valence-electron chi connectivity index (χ4n) is 1.58. The number of nitrogens with zero attached hydrogens (tertiary/aromatic N) is 1. The van der Waals surface area contributed by atoms with Gasteiger partial charge in [-0.15, -0.1) is 0 Å². The van der Waals surface area contributed by atoms with Gasteiger partial charge in [0.1, 0.15) is 0 Å². The molecule has 0 spiro atoms. The van der Waals surface area contributed by atoms with Gasteiger partial charge in [0.25, 0.3) is 11.6 Å². The molecule has 104 valence electrons. The number of non-ortho nitro benzene ring substituents is 1. The Kier molecular flexibility index (Phi) is 5.62. The molecule has 1 atom stereocenters. The predicted molar refractivity (Wildman–Crippen MR) is 77.4 cm³/mol. The minimum atomic E-state index is -0.546. The van der Waals surface area contributed by atoms with Crippen LogP contribution in [-0.2, 0) is 0 Å². The van der Waals surface area contributed by atoms with Crippen LogP contribution in [0.15, 0.2) is 18.2 Å². The van der Waals surface area contributed by atoms with Gasteiger partial charge in [-0.25, -0.2) is 0 Å². The highest BCUT2D eigenvalue weighted by molar-refractivity contribution is 7.98. The third-order valence-electron chi connectivity index (χ3n) is 2.69. The molecular weight excluding hydrogens is 266 g/mol. The Bertz CT molecular complexity index is 479. The summed E-state index contributed by atoms with van der Waals surface area (Å²) in [6, 6.07) is 3.89. The molecule has 0 bridgehead atoms. The van der Waals surface area contributed by atoms with Gasteiger partial charge in [0.2, 0.25) is 0 Å². The zero-order valence-corrected chi connectivity index (χ0v) is 11.7. The van der Waals surface area contributed by atoms with E-state index in [0.717, 1.165) is 12.2 Å². The lowest BCUT2D eigenvalue weighted by molar-refractivity contribution is -0.384. The quantitative estimate of drug-likeness (QED) is 0.473. The molecule has 1 unspecified atom stereocenters. The zero-order valence-electron chi connectivity index (χ0n) is 10.9. The summed E-state index contributed by atoms with van der Waals surface area (Å²) in [4.78, 5) is 22.2. The molecule has 0 heterocycles. The Hall–Kier alpha value is -1.76. The predicted octanol–water partition coefficient (Wildman–Crippen LogP) is 2.05. The molecule has 1 amide bonds. The molecule has 1 aromatic carbocycles. The average molecular weight is 283 g/mol. The molecule has 7 heteroatoms. The van der Waals surface area contributed by atoms with E-state index in [2.05, 4.69) is 5.32 Å². The number of nitrogens with one attached hydrogen (secondary N) is 1. The number of rotatable bonds is 6. The molecule has 6 nitrogen and oxygen atoms in total. The third kappa shape index (κ3) is 4.13. The number of thioether (sulfide) groups is 1. The molecule has 0 saturated heterocycles. The number of anilines is 1. The van der Waals surface area contributed by atoms with E-state index in [0.29, 0.717) is 0 Å². The normalized spacial score (nSPS) is 11.9. The van der Waals surface area contributed by atoms with Gasteiger partial charge in [0, 0.05) is 29.6 Å². The SMILES string of the molecule is CCC(CSC)NC(=O)c1cc([N+](=O)[O-])ccc1N. The highest BCUT2D eigenvalue weighted by atomic mass is 32.2. The van der Waals surface area contributed by atoms with Gasteiger partial charge in [-0.05, 0) is 18.7 Å². The zero-order chi connectivity index (χ0) is 14.4. The maximum Gasteiger partial charge on any atom is 0.270 e. The van der Waals surface area contributed by atoms with Crippen molar-refractivity contribution in [3.63, 3.8) is 0 Å². The second-order valence-electron chi connectivity index (χ2n) is 4.06. The van der Waals surface area contributed by atoms with E-state index in [1.165, 1.54) is 18.2 Å². The van der Waals surface area contributed by atoms with E-state index < -0.39 is 4.92 Å². The smallest absolute Gasteiger partial charge is 0.270 e. The first-order chi connectivity index (χ1) is 8.99. The third-order valence-corrected chi connectivity index (χ3v) is 3.42. The van der Waals surface area contributed by atoms with Crippen molar-refractivity contribution in [1.82, 2.24) is 5.32 Å². The van der Waals surface area contributed by atoms with E-state index in [1.54, 1.807) is 11.8 Å². The van der Waals surface area contributed by atoms with Crippen LogP contribution in [-0.4, -0.2) is 28.9 Å². The molecule has 0 aliphatic rings. The number of amides is 1. The van der Waals surface area contributed by atoms with Crippen molar-refractivity contribution in [3.8, 4) is 0 Å². The van der Waals surface area contributed by atoms with Crippen LogP contribution in [0.1, 0.15) is 23.7 Å². The summed E-state index contributed by atoms with van der Waals surface area (Å²) >= 11 is 1.63. The number of nitro benzene ring substituents is 1. The van der Waals surface area contributed by atoms with Crippen molar-refractivity contribution in [1.29, 1.82) is 0 Å². The van der Waals surface area contributed by atoms with Crippen molar-refractivity contribution in [2.24, 2.45) is 0 Å². The number of nitro groups is 1. The number of hydrogen-bond acceptors (Lipinski definition) is 5. The van der Waals surface area contributed by atoms with Crippen molar-refractivity contribution < 1.29 is 9.72 Å². The largest absolute Gasteiger partial charge is 0.398 e. The topological polar surface area (TPSA) is 98.3 Å². The summed E-state index contributed by atoms with van der Waals surface area (Å²) in [6.45, 7) is 1.97. The van der Waals surface area contributed by atoms with Crippen molar-refractivity contribution in [2.75, 3.05) is 17.7 Å². The minimum Gasteiger partial charge on any atom is -0.398 e. The molecule has 3 N–H and O–H groups in total. The highest BCUT2D eigenvalue weighted by Crippen LogP contribution is 2.19. The Balaban J connectivity index is 2.92. The number of carbonyl (C=O) groups is 1. The number of carbonyl (C=O) groups excluding carboxylic acids is 1. The summed E-state index contributed by atoms with van der Waals surface area (Å²) in [7, 11) is 0. The number of nitrogens with two attached hydrogens (primary N) is 1. The van der Waals surface area contributed by atoms with Gasteiger partial charge < -0.3 is 11.1 Å². The van der Waals surface area contributed by atoms with E-state index in [9.17, 15) is 14.9 Å². The van der Waals surface area contributed by atoms with Gasteiger partial charge in [-0.3, -0.25) is 14.9 Å². The number of hydrogen-bond donors (Lipinski definition) is 2. The number of benzene rings is 1. The van der Waals surface area contributed by atoms with Crippen LogP contribution in [0.5, 0.6) is 0 Å². The lowest BCUT2D eigenvalue weighted by Gasteiger charge is -2.16. The molecule has 19 heavy (non-hydrogen) atoms.